The highest BCUT2D eigenvalue weighted by atomic mass is 32.2. The van der Waals surface area contributed by atoms with Gasteiger partial charge in [0.1, 0.15) is 11.5 Å². The summed E-state index contributed by atoms with van der Waals surface area (Å²) in [5, 5.41) is 3.07. The Balaban J connectivity index is 1.46. The molecule has 9 heteroatoms. The van der Waals surface area contributed by atoms with Crippen LogP contribution in [-0.4, -0.2) is 61.9 Å². The Hall–Kier alpha value is -2.62. The molecule has 34 heavy (non-hydrogen) atoms. The van der Waals surface area contributed by atoms with Gasteiger partial charge in [0.2, 0.25) is 0 Å². The summed E-state index contributed by atoms with van der Waals surface area (Å²) in [5.41, 5.74) is 5.22. The number of aromatic nitrogens is 3. The summed E-state index contributed by atoms with van der Waals surface area (Å²) in [6.07, 6.45) is 4.98. The third-order valence-corrected chi connectivity index (χ3v) is 8.52. The third-order valence-electron chi connectivity index (χ3n) is 6.56. The van der Waals surface area contributed by atoms with Gasteiger partial charge in [-0.15, -0.1) is 11.3 Å². The normalized spacial score (nSPS) is 18.6. The fourth-order valence-corrected chi connectivity index (χ4v) is 6.36. The number of likely N-dealkylation sites (N-methyl/N-ethyl adjacent to an activating group) is 1. The van der Waals surface area contributed by atoms with Gasteiger partial charge in [0.25, 0.3) is 0 Å². The number of benzene rings is 1. The van der Waals surface area contributed by atoms with Crippen molar-refractivity contribution in [3.63, 3.8) is 0 Å². The summed E-state index contributed by atoms with van der Waals surface area (Å²) in [6.45, 7) is 0.916. The van der Waals surface area contributed by atoms with Gasteiger partial charge in [-0.05, 0) is 62.2 Å². The van der Waals surface area contributed by atoms with Gasteiger partial charge < -0.3 is 9.64 Å². The largest absolute Gasteiger partial charge is 0.494 e. The molecule has 4 aromatic rings. The Labute approximate surface area is 204 Å². The zero-order chi connectivity index (χ0) is 23.7. The van der Waals surface area contributed by atoms with Crippen molar-refractivity contribution >= 4 is 33.2 Å². The van der Waals surface area contributed by atoms with Gasteiger partial charge in [0.15, 0.2) is 11.6 Å². The second-order valence-electron chi connectivity index (χ2n) is 8.60. The number of hydrogen-bond acceptors (Lipinski definition) is 6. The van der Waals surface area contributed by atoms with E-state index in [9.17, 15) is 8.60 Å². The minimum absolute atomic E-state index is 0.214. The average molecular weight is 499 g/mol. The molecule has 6 nitrogen and oxygen atoms in total. The minimum atomic E-state index is -0.646. The molecule has 0 bridgehead atoms. The smallest absolute Gasteiger partial charge is 0.165 e. The highest BCUT2D eigenvalue weighted by molar-refractivity contribution is 7.85. The molecule has 5 rings (SSSR count). The Morgan fingerprint density at radius 2 is 2.09 bits per heavy atom. The van der Waals surface area contributed by atoms with E-state index < -0.39 is 16.6 Å². The van der Waals surface area contributed by atoms with Crippen LogP contribution in [0.25, 0.3) is 28.1 Å². The van der Waals surface area contributed by atoms with Crippen molar-refractivity contribution in [2.45, 2.75) is 25.3 Å². The lowest BCUT2D eigenvalue weighted by molar-refractivity contribution is 0.231. The fraction of sp³-hybridized carbons (Fsp3) is 0.360. The average Bonchev–Trinajstić information content (AvgIpc) is 3.50. The SMILES string of the molecule is COc1ccc(-c2ccc3c(CCN(C)C4CCS(=O)CC4)cn(-c4cscn4)c3n2)cc1F. The third kappa shape index (κ3) is 4.64. The van der Waals surface area contributed by atoms with Gasteiger partial charge >= 0.3 is 0 Å². The van der Waals surface area contributed by atoms with E-state index in [1.807, 2.05) is 27.6 Å². The zero-order valence-corrected chi connectivity index (χ0v) is 20.9. The molecule has 0 amide bonds. The van der Waals surface area contributed by atoms with E-state index in [0.29, 0.717) is 17.3 Å². The summed E-state index contributed by atoms with van der Waals surface area (Å²) in [5.74, 6) is 2.24. The highest BCUT2D eigenvalue weighted by Crippen LogP contribution is 2.30. The van der Waals surface area contributed by atoms with E-state index in [-0.39, 0.29) is 5.75 Å². The number of methoxy groups -OCH3 is 1. The van der Waals surface area contributed by atoms with E-state index in [0.717, 1.165) is 54.2 Å². The zero-order valence-electron chi connectivity index (χ0n) is 19.2. The van der Waals surface area contributed by atoms with Gasteiger partial charge in [0.05, 0.1) is 18.3 Å². The van der Waals surface area contributed by atoms with E-state index in [4.69, 9.17) is 9.72 Å². The summed E-state index contributed by atoms with van der Waals surface area (Å²) in [7, 11) is 2.97. The standard InChI is InChI=1S/C25H27FN4O2S2/c1-29(19-8-11-34(31)12-9-19)10-7-18-14-30(24-15-33-16-27-24)25-20(18)4-5-22(28-25)17-3-6-23(32-2)21(26)13-17/h3-6,13-16,19H,7-12H2,1-2H3. The first-order chi connectivity index (χ1) is 16.5. The molecule has 3 aromatic heterocycles. The van der Waals surface area contributed by atoms with Gasteiger partial charge in [-0.2, -0.15) is 0 Å². The Bertz CT molecular complexity index is 1310. The lowest BCUT2D eigenvalue weighted by atomic mass is 10.1. The minimum Gasteiger partial charge on any atom is -0.494 e. The molecule has 0 radical (unpaired) electrons. The summed E-state index contributed by atoms with van der Waals surface area (Å²) >= 11 is 1.54. The number of pyridine rings is 1. The molecule has 4 heterocycles. The van der Waals surface area contributed by atoms with Crippen LogP contribution in [-0.2, 0) is 17.2 Å². The van der Waals surface area contributed by atoms with Crippen LogP contribution in [0.1, 0.15) is 18.4 Å². The summed E-state index contributed by atoms with van der Waals surface area (Å²) in [6, 6.07) is 9.40. The quantitative estimate of drug-likeness (QED) is 0.370. The summed E-state index contributed by atoms with van der Waals surface area (Å²) in [4.78, 5) is 11.8. The van der Waals surface area contributed by atoms with Gasteiger partial charge in [-0.3, -0.25) is 8.78 Å². The van der Waals surface area contributed by atoms with E-state index in [1.54, 1.807) is 6.07 Å². The molecule has 0 saturated carbocycles. The van der Waals surface area contributed by atoms with Crippen LogP contribution in [0.5, 0.6) is 5.75 Å². The number of halogens is 1. The predicted molar refractivity (Wildman–Crippen MR) is 136 cm³/mol. The second-order valence-corrected chi connectivity index (χ2v) is 11.0. The van der Waals surface area contributed by atoms with Crippen LogP contribution in [0.2, 0.25) is 0 Å². The van der Waals surface area contributed by atoms with E-state index in [1.165, 1.54) is 30.1 Å². The van der Waals surface area contributed by atoms with Crippen molar-refractivity contribution in [1.82, 2.24) is 19.4 Å². The molecule has 0 unspecified atom stereocenters. The molecule has 0 N–H and O–H groups in total. The van der Waals surface area contributed by atoms with Crippen molar-refractivity contribution in [2.75, 3.05) is 32.2 Å². The first kappa shape index (κ1) is 23.1. The lowest BCUT2D eigenvalue weighted by Gasteiger charge is -2.30. The molecule has 1 saturated heterocycles. The maximum Gasteiger partial charge on any atom is 0.165 e. The molecule has 0 spiro atoms. The maximum absolute atomic E-state index is 14.3. The number of thiazole rings is 1. The molecule has 0 atom stereocenters. The lowest BCUT2D eigenvalue weighted by Crippen LogP contribution is -2.38. The number of rotatable bonds is 7. The number of ether oxygens (including phenoxy) is 1. The summed E-state index contributed by atoms with van der Waals surface area (Å²) < 4.78 is 33.1. The number of fused-ring (bicyclic) bond motifs is 1. The van der Waals surface area contributed by atoms with Crippen molar-refractivity contribution < 1.29 is 13.3 Å². The van der Waals surface area contributed by atoms with Gasteiger partial charge in [-0.25, -0.2) is 14.4 Å². The highest BCUT2D eigenvalue weighted by Gasteiger charge is 2.22. The van der Waals surface area contributed by atoms with Crippen molar-refractivity contribution in [3.05, 3.63) is 58.8 Å². The first-order valence-corrected chi connectivity index (χ1v) is 13.7. The molecule has 1 fully saturated rings. The van der Waals surface area contributed by atoms with Crippen LogP contribution < -0.4 is 4.74 Å². The molecular weight excluding hydrogens is 471 g/mol. The molecular formula is C25H27FN4O2S2. The van der Waals surface area contributed by atoms with Crippen LogP contribution in [0.3, 0.4) is 0 Å². The topological polar surface area (TPSA) is 60.2 Å². The van der Waals surface area contributed by atoms with E-state index in [2.05, 4.69) is 29.2 Å². The molecule has 1 aliphatic heterocycles. The van der Waals surface area contributed by atoms with Crippen LogP contribution in [0.4, 0.5) is 4.39 Å². The van der Waals surface area contributed by atoms with Crippen molar-refractivity contribution in [2.24, 2.45) is 0 Å². The van der Waals surface area contributed by atoms with Crippen LogP contribution >= 0.6 is 11.3 Å². The maximum atomic E-state index is 14.3. The van der Waals surface area contributed by atoms with Gasteiger partial charge in [-0.1, -0.05) is 0 Å². The van der Waals surface area contributed by atoms with E-state index >= 15 is 0 Å². The predicted octanol–water partition coefficient (Wildman–Crippen LogP) is 4.68. The number of hydrogen-bond donors (Lipinski definition) is 0. The molecule has 178 valence electrons. The van der Waals surface area contributed by atoms with Crippen molar-refractivity contribution in [3.8, 4) is 22.8 Å². The Morgan fingerprint density at radius 1 is 1.26 bits per heavy atom. The molecule has 1 aromatic carbocycles. The van der Waals surface area contributed by atoms with Crippen LogP contribution in [0, 0.1) is 5.82 Å². The Kier molecular flexibility index (Phi) is 6.76. The monoisotopic (exact) mass is 498 g/mol. The molecule has 1 aliphatic rings. The van der Waals surface area contributed by atoms with Gasteiger partial charge in [0, 0.05) is 57.4 Å². The Morgan fingerprint density at radius 3 is 2.79 bits per heavy atom. The van der Waals surface area contributed by atoms with Crippen LogP contribution in [0.15, 0.2) is 47.4 Å². The fourth-order valence-electron chi connectivity index (χ4n) is 4.56. The number of nitrogens with zero attached hydrogens (tertiary/aromatic N) is 4. The first-order valence-electron chi connectivity index (χ1n) is 11.3. The second kappa shape index (κ2) is 9.93. The van der Waals surface area contributed by atoms with Crippen molar-refractivity contribution in [1.29, 1.82) is 0 Å². The molecule has 0 aliphatic carbocycles.